The van der Waals surface area contributed by atoms with Gasteiger partial charge in [-0.15, -0.1) is 0 Å². The minimum Gasteiger partial charge on any atom is -0.454 e. The molecule has 1 saturated heterocycles. The maximum atomic E-state index is 13.0. The lowest BCUT2D eigenvalue weighted by molar-refractivity contribution is 0.174. The molecule has 0 amide bonds. The molecule has 8 nitrogen and oxygen atoms in total. The van der Waals surface area contributed by atoms with Crippen molar-refractivity contribution in [1.82, 2.24) is 14.4 Å². The quantitative estimate of drug-likeness (QED) is 0.798. The Labute approximate surface area is 152 Å². The van der Waals surface area contributed by atoms with Crippen LogP contribution in [-0.4, -0.2) is 55.8 Å². The van der Waals surface area contributed by atoms with Crippen LogP contribution in [0.4, 0.5) is 0 Å². The van der Waals surface area contributed by atoms with Gasteiger partial charge < -0.3 is 14.0 Å². The van der Waals surface area contributed by atoms with Gasteiger partial charge in [0.1, 0.15) is 5.76 Å². The van der Waals surface area contributed by atoms with Gasteiger partial charge >= 0.3 is 0 Å². The lowest BCUT2D eigenvalue weighted by atomic mass is 10.3. The van der Waals surface area contributed by atoms with Crippen LogP contribution in [0, 0.1) is 6.92 Å². The van der Waals surface area contributed by atoms with E-state index in [1.54, 1.807) is 22.5 Å². The van der Waals surface area contributed by atoms with E-state index in [2.05, 4.69) is 10.1 Å². The molecule has 0 bridgehead atoms. The summed E-state index contributed by atoms with van der Waals surface area (Å²) in [6, 6.07) is 6.67. The highest BCUT2D eigenvalue weighted by molar-refractivity contribution is 7.89. The zero-order valence-electron chi connectivity index (χ0n) is 14.6. The number of nitrogens with zero attached hydrogens (tertiary/aromatic N) is 3. The third-order valence-corrected chi connectivity index (χ3v) is 6.49. The molecular formula is C17H21N3O5S. The van der Waals surface area contributed by atoms with E-state index < -0.39 is 10.0 Å². The molecule has 26 heavy (non-hydrogen) atoms. The second-order valence-electron chi connectivity index (χ2n) is 6.48. The molecule has 0 radical (unpaired) electrons. The summed E-state index contributed by atoms with van der Waals surface area (Å²) in [5.41, 5.74) is 0.870. The molecule has 0 N–H and O–H groups in total. The Morgan fingerprint density at radius 1 is 1.08 bits per heavy atom. The predicted molar refractivity (Wildman–Crippen MR) is 92.5 cm³/mol. The normalized spacial score (nSPS) is 18.8. The Morgan fingerprint density at radius 3 is 2.73 bits per heavy atom. The van der Waals surface area contributed by atoms with Gasteiger partial charge in [0.2, 0.25) is 16.8 Å². The van der Waals surface area contributed by atoms with Gasteiger partial charge in [-0.3, -0.25) is 4.90 Å². The average Bonchev–Trinajstić information content (AvgIpc) is 3.18. The second kappa shape index (κ2) is 6.90. The molecule has 140 valence electrons. The Bertz CT molecular complexity index is 896. The number of rotatable bonds is 4. The monoisotopic (exact) mass is 379 g/mol. The summed E-state index contributed by atoms with van der Waals surface area (Å²) in [6.07, 6.45) is 0.764. The summed E-state index contributed by atoms with van der Waals surface area (Å²) in [5, 5.41) is 4.01. The van der Waals surface area contributed by atoms with Gasteiger partial charge in [0, 0.05) is 38.3 Å². The number of hydrogen-bond acceptors (Lipinski definition) is 7. The van der Waals surface area contributed by atoms with Gasteiger partial charge in [-0.2, -0.15) is 4.31 Å². The van der Waals surface area contributed by atoms with Crippen molar-refractivity contribution in [1.29, 1.82) is 0 Å². The molecule has 1 aromatic carbocycles. The van der Waals surface area contributed by atoms with Crippen LogP contribution >= 0.6 is 0 Å². The molecule has 2 aliphatic rings. The van der Waals surface area contributed by atoms with Crippen molar-refractivity contribution in [2.75, 3.05) is 33.0 Å². The Kier molecular flexibility index (Phi) is 4.60. The van der Waals surface area contributed by atoms with E-state index in [0.717, 1.165) is 24.4 Å². The van der Waals surface area contributed by atoms with Crippen molar-refractivity contribution in [2.45, 2.75) is 24.8 Å². The van der Waals surface area contributed by atoms with Crippen LogP contribution in [0.15, 0.2) is 33.7 Å². The van der Waals surface area contributed by atoms with Crippen molar-refractivity contribution in [3.05, 3.63) is 35.7 Å². The standard InChI is InChI=1S/C17H21N3O5S/c1-13-9-14(18-25-13)11-19-5-2-6-20(8-7-19)26(21,22)15-3-4-16-17(10-15)24-12-23-16/h3-4,9-10H,2,5-8,11-12H2,1H3. The van der Waals surface area contributed by atoms with Crippen molar-refractivity contribution in [3.63, 3.8) is 0 Å². The van der Waals surface area contributed by atoms with E-state index in [9.17, 15) is 8.42 Å². The second-order valence-corrected chi connectivity index (χ2v) is 8.42. The highest BCUT2D eigenvalue weighted by Crippen LogP contribution is 2.34. The number of aryl methyl sites for hydroxylation is 1. The number of hydrogen-bond donors (Lipinski definition) is 0. The SMILES string of the molecule is Cc1cc(CN2CCCN(S(=O)(=O)c3ccc4c(c3)OCO4)CC2)no1. The number of aromatic nitrogens is 1. The fourth-order valence-corrected chi connectivity index (χ4v) is 4.74. The summed E-state index contributed by atoms with van der Waals surface area (Å²) < 4.78 is 43.2. The fraction of sp³-hybridized carbons (Fsp3) is 0.471. The van der Waals surface area contributed by atoms with Crippen LogP contribution in [0.25, 0.3) is 0 Å². The zero-order valence-corrected chi connectivity index (χ0v) is 15.4. The first-order valence-electron chi connectivity index (χ1n) is 8.57. The highest BCUT2D eigenvalue weighted by Gasteiger charge is 2.28. The van der Waals surface area contributed by atoms with E-state index >= 15 is 0 Å². The maximum absolute atomic E-state index is 13.0. The number of benzene rings is 1. The summed E-state index contributed by atoms with van der Waals surface area (Å²) >= 11 is 0. The fourth-order valence-electron chi connectivity index (χ4n) is 3.25. The van der Waals surface area contributed by atoms with E-state index in [-0.39, 0.29) is 11.7 Å². The minimum atomic E-state index is -3.56. The molecule has 2 aliphatic heterocycles. The van der Waals surface area contributed by atoms with E-state index in [1.807, 2.05) is 13.0 Å². The molecule has 0 unspecified atom stereocenters. The van der Waals surface area contributed by atoms with Gasteiger partial charge in [-0.1, -0.05) is 5.16 Å². The van der Waals surface area contributed by atoms with Crippen LogP contribution in [0.2, 0.25) is 0 Å². The molecule has 4 rings (SSSR count). The van der Waals surface area contributed by atoms with E-state index in [4.69, 9.17) is 14.0 Å². The third kappa shape index (κ3) is 3.42. The van der Waals surface area contributed by atoms with Crippen LogP contribution in [0.1, 0.15) is 17.9 Å². The Morgan fingerprint density at radius 2 is 1.92 bits per heavy atom. The molecule has 0 aliphatic carbocycles. The smallest absolute Gasteiger partial charge is 0.243 e. The first kappa shape index (κ1) is 17.3. The van der Waals surface area contributed by atoms with Crippen LogP contribution in [-0.2, 0) is 16.6 Å². The van der Waals surface area contributed by atoms with Gasteiger partial charge in [0.05, 0.1) is 10.6 Å². The van der Waals surface area contributed by atoms with Crippen molar-refractivity contribution < 1.29 is 22.4 Å². The summed E-state index contributed by atoms with van der Waals surface area (Å²) in [5.74, 6) is 1.83. The van der Waals surface area contributed by atoms with E-state index in [0.29, 0.717) is 37.7 Å². The lowest BCUT2D eigenvalue weighted by Gasteiger charge is -2.21. The highest BCUT2D eigenvalue weighted by atomic mass is 32.2. The Hall–Kier alpha value is -2.10. The van der Waals surface area contributed by atoms with Crippen LogP contribution in [0.5, 0.6) is 11.5 Å². The number of fused-ring (bicyclic) bond motifs is 1. The van der Waals surface area contributed by atoms with Gasteiger partial charge in [0.25, 0.3) is 0 Å². The van der Waals surface area contributed by atoms with Gasteiger partial charge in [-0.25, -0.2) is 8.42 Å². The molecule has 0 spiro atoms. The zero-order chi connectivity index (χ0) is 18.1. The van der Waals surface area contributed by atoms with Gasteiger partial charge in [0.15, 0.2) is 11.5 Å². The topological polar surface area (TPSA) is 85.1 Å². The largest absolute Gasteiger partial charge is 0.454 e. The Balaban J connectivity index is 1.46. The lowest BCUT2D eigenvalue weighted by Crippen LogP contribution is -2.35. The molecule has 0 atom stereocenters. The molecule has 1 aromatic heterocycles. The summed E-state index contributed by atoms with van der Waals surface area (Å²) in [6.45, 7) is 5.04. The first-order chi connectivity index (χ1) is 12.5. The summed E-state index contributed by atoms with van der Waals surface area (Å²) in [4.78, 5) is 2.44. The molecule has 0 saturated carbocycles. The van der Waals surface area contributed by atoms with Crippen molar-refractivity contribution in [2.24, 2.45) is 0 Å². The van der Waals surface area contributed by atoms with Crippen LogP contribution < -0.4 is 9.47 Å². The van der Waals surface area contributed by atoms with Gasteiger partial charge in [-0.05, 0) is 32.0 Å². The van der Waals surface area contributed by atoms with Crippen molar-refractivity contribution in [3.8, 4) is 11.5 Å². The molecule has 1 fully saturated rings. The van der Waals surface area contributed by atoms with Crippen LogP contribution in [0.3, 0.4) is 0 Å². The number of ether oxygens (including phenoxy) is 2. The molecule has 3 heterocycles. The predicted octanol–water partition coefficient (Wildman–Crippen LogP) is 1.61. The molecular weight excluding hydrogens is 358 g/mol. The number of sulfonamides is 1. The molecule has 9 heteroatoms. The molecule has 2 aromatic rings. The van der Waals surface area contributed by atoms with Crippen molar-refractivity contribution >= 4 is 10.0 Å². The summed E-state index contributed by atoms with van der Waals surface area (Å²) in [7, 11) is -3.56. The average molecular weight is 379 g/mol. The minimum absolute atomic E-state index is 0.124. The maximum Gasteiger partial charge on any atom is 0.243 e. The first-order valence-corrected chi connectivity index (χ1v) is 10.0. The third-order valence-electron chi connectivity index (χ3n) is 4.59. The van der Waals surface area contributed by atoms with E-state index in [1.165, 1.54) is 0 Å².